The first-order valence-corrected chi connectivity index (χ1v) is 6.52. The van der Waals surface area contributed by atoms with E-state index < -0.39 is 11.9 Å². The summed E-state index contributed by atoms with van der Waals surface area (Å²) in [5.41, 5.74) is 1.55. The van der Waals surface area contributed by atoms with Crippen LogP contribution >= 0.6 is 0 Å². The van der Waals surface area contributed by atoms with Gasteiger partial charge in [-0.15, -0.1) is 0 Å². The number of aliphatic carboxylic acids is 1. The van der Waals surface area contributed by atoms with Crippen molar-refractivity contribution in [1.29, 1.82) is 0 Å². The third-order valence-corrected chi connectivity index (χ3v) is 3.91. The summed E-state index contributed by atoms with van der Waals surface area (Å²) in [6, 6.07) is 0. The fourth-order valence-electron chi connectivity index (χ4n) is 2.53. The van der Waals surface area contributed by atoms with Crippen molar-refractivity contribution < 1.29 is 14.7 Å². The van der Waals surface area contributed by atoms with Gasteiger partial charge in [0.2, 0.25) is 5.91 Å². The second-order valence-electron chi connectivity index (χ2n) is 6.30. The lowest BCUT2D eigenvalue weighted by molar-refractivity contribution is -0.141. The predicted octanol–water partition coefficient (Wildman–Crippen LogP) is 1.91. The van der Waals surface area contributed by atoms with E-state index in [9.17, 15) is 9.59 Å². The number of carbonyl (C=O) groups is 2. The average molecular weight is 251 g/mol. The summed E-state index contributed by atoms with van der Waals surface area (Å²) < 4.78 is 0. The normalized spacial score (nSPS) is 27.7. The van der Waals surface area contributed by atoms with Crippen LogP contribution in [0.15, 0.2) is 11.6 Å². The molecule has 100 valence electrons. The SMILES string of the molecule is CC(C)(C)C1=CCN(C(=O)C2CC2C(=O)O)CC1. The monoisotopic (exact) mass is 251 g/mol. The van der Waals surface area contributed by atoms with Gasteiger partial charge in [-0.25, -0.2) is 0 Å². The second-order valence-corrected chi connectivity index (χ2v) is 6.30. The summed E-state index contributed by atoms with van der Waals surface area (Å²) in [5.74, 6) is -1.53. The maximum absolute atomic E-state index is 12.1. The minimum absolute atomic E-state index is 0.0200. The molecular formula is C14H21NO3. The van der Waals surface area contributed by atoms with E-state index in [1.807, 2.05) is 0 Å². The van der Waals surface area contributed by atoms with Crippen LogP contribution in [0.2, 0.25) is 0 Å². The fraction of sp³-hybridized carbons (Fsp3) is 0.714. The van der Waals surface area contributed by atoms with E-state index in [1.54, 1.807) is 4.90 Å². The molecule has 0 saturated heterocycles. The molecule has 4 nitrogen and oxygen atoms in total. The predicted molar refractivity (Wildman–Crippen MR) is 68.0 cm³/mol. The Morgan fingerprint density at radius 1 is 1.33 bits per heavy atom. The van der Waals surface area contributed by atoms with Gasteiger partial charge in [-0.05, 0) is 18.3 Å². The Morgan fingerprint density at radius 2 is 2.00 bits per heavy atom. The maximum Gasteiger partial charge on any atom is 0.307 e. The number of carboxylic acid groups (broad SMARTS) is 1. The minimum Gasteiger partial charge on any atom is -0.481 e. The van der Waals surface area contributed by atoms with Gasteiger partial charge in [-0.1, -0.05) is 32.4 Å². The van der Waals surface area contributed by atoms with E-state index in [0.717, 1.165) is 13.0 Å². The highest BCUT2D eigenvalue weighted by Crippen LogP contribution is 2.41. The molecule has 4 heteroatoms. The van der Waals surface area contributed by atoms with Crippen LogP contribution < -0.4 is 0 Å². The lowest BCUT2D eigenvalue weighted by Crippen LogP contribution is -2.37. The van der Waals surface area contributed by atoms with Crippen LogP contribution in [-0.2, 0) is 9.59 Å². The van der Waals surface area contributed by atoms with Crippen LogP contribution in [-0.4, -0.2) is 35.0 Å². The fourth-order valence-corrected chi connectivity index (χ4v) is 2.53. The Labute approximate surface area is 108 Å². The molecule has 1 N–H and O–H groups in total. The first-order valence-electron chi connectivity index (χ1n) is 6.52. The number of hydrogen-bond acceptors (Lipinski definition) is 2. The van der Waals surface area contributed by atoms with Crippen molar-refractivity contribution >= 4 is 11.9 Å². The summed E-state index contributed by atoms with van der Waals surface area (Å²) in [4.78, 5) is 24.6. The Bertz CT molecular complexity index is 406. The van der Waals surface area contributed by atoms with Crippen LogP contribution in [0.1, 0.15) is 33.6 Å². The highest BCUT2D eigenvalue weighted by Gasteiger charge is 2.49. The zero-order valence-electron chi connectivity index (χ0n) is 11.3. The number of nitrogens with zero attached hydrogens (tertiary/aromatic N) is 1. The van der Waals surface area contributed by atoms with Crippen molar-refractivity contribution in [3.63, 3.8) is 0 Å². The molecule has 1 aliphatic carbocycles. The van der Waals surface area contributed by atoms with Crippen molar-refractivity contribution in [2.75, 3.05) is 13.1 Å². The Hall–Kier alpha value is -1.32. The minimum atomic E-state index is -0.837. The standard InChI is InChI=1S/C14H21NO3/c1-14(2,3)9-4-6-15(7-5-9)12(16)10-8-11(10)13(17)18/h4,10-11H,5-8H2,1-3H3,(H,17,18). The molecule has 2 unspecified atom stereocenters. The molecule has 2 rings (SSSR count). The lowest BCUT2D eigenvalue weighted by Gasteiger charge is -2.32. The lowest BCUT2D eigenvalue weighted by atomic mass is 9.83. The molecule has 2 atom stereocenters. The Morgan fingerprint density at radius 3 is 2.39 bits per heavy atom. The second kappa shape index (κ2) is 4.41. The third kappa shape index (κ3) is 2.57. The summed E-state index contributed by atoms with van der Waals surface area (Å²) >= 11 is 0. The molecule has 0 aromatic rings. The number of carboxylic acids is 1. The Kier molecular flexibility index (Phi) is 3.21. The number of amides is 1. The zero-order chi connectivity index (χ0) is 13.5. The molecule has 1 amide bonds. The molecule has 1 saturated carbocycles. The van der Waals surface area contributed by atoms with Gasteiger partial charge in [0.15, 0.2) is 0 Å². The van der Waals surface area contributed by atoms with Crippen LogP contribution in [0.4, 0.5) is 0 Å². The molecule has 1 heterocycles. The molecule has 0 spiro atoms. The van der Waals surface area contributed by atoms with Crippen LogP contribution in [0.5, 0.6) is 0 Å². The average Bonchev–Trinajstić information content (AvgIpc) is 3.07. The van der Waals surface area contributed by atoms with Crippen LogP contribution in [0.3, 0.4) is 0 Å². The van der Waals surface area contributed by atoms with Crippen molar-refractivity contribution in [3.05, 3.63) is 11.6 Å². The first-order chi connectivity index (χ1) is 8.30. The molecule has 18 heavy (non-hydrogen) atoms. The van der Waals surface area contributed by atoms with Gasteiger partial charge in [0.1, 0.15) is 0 Å². The largest absolute Gasteiger partial charge is 0.481 e. The third-order valence-electron chi connectivity index (χ3n) is 3.91. The number of hydrogen-bond donors (Lipinski definition) is 1. The molecule has 2 aliphatic rings. The highest BCUT2D eigenvalue weighted by molar-refractivity contribution is 5.89. The van der Waals surface area contributed by atoms with E-state index in [-0.39, 0.29) is 17.2 Å². The van der Waals surface area contributed by atoms with Gasteiger partial charge in [-0.2, -0.15) is 0 Å². The van der Waals surface area contributed by atoms with Crippen molar-refractivity contribution in [2.24, 2.45) is 17.3 Å². The van der Waals surface area contributed by atoms with Crippen molar-refractivity contribution in [2.45, 2.75) is 33.6 Å². The van der Waals surface area contributed by atoms with Gasteiger partial charge in [0.05, 0.1) is 11.8 Å². The summed E-state index contributed by atoms with van der Waals surface area (Å²) in [5, 5.41) is 8.84. The Balaban J connectivity index is 1.93. The van der Waals surface area contributed by atoms with E-state index in [1.165, 1.54) is 5.57 Å². The summed E-state index contributed by atoms with van der Waals surface area (Å²) in [6.45, 7) is 7.89. The molecule has 1 aliphatic heterocycles. The van der Waals surface area contributed by atoms with Gasteiger partial charge >= 0.3 is 5.97 Å². The maximum atomic E-state index is 12.1. The van der Waals surface area contributed by atoms with Gasteiger partial charge in [-0.3, -0.25) is 9.59 Å². The molecule has 1 fully saturated rings. The van der Waals surface area contributed by atoms with Crippen LogP contribution in [0, 0.1) is 17.3 Å². The van der Waals surface area contributed by atoms with E-state index in [4.69, 9.17) is 5.11 Å². The quantitative estimate of drug-likeness (QED) is 0.763. The summed E-state index contributed by atoms with van der Waals surface area (Å²) in [7, 11) is 0. The van der Waals surface area contributed by atoms with Gasteiger partial charge in [0, 0.05) is 13.1 Å². The highest BCUT2D eigenvalue weighted by atomic mass is 16.4. The molecule has 0 aromatic carbocycles. The zero-order valence-corrected chi connectivity index (χ0v) is 11.3. The smallest absolute Gasteiger partial charge is 0.307 e. The molecule has 0 radical (unpaired) electrons. The molecule has 0 aromatic heterocycles. The summed E-state index contributed by atoms with van der Waals surface area (Å²) in [6.07, 6.45) is 3.54. The number of carbonyl (C=O) groups excluding carboxylic acids is 1. The van der Waals surface area contributed by atoms with Crippen molar-refractivity contribution in [3.8, 4) is 0 Å². The van der Waals surface area contributed by atoms with E-state index >= 15 is 0 Å². The molecular weight excluding hydrogens is 230 g/mol. The molecule has 0 bridgehead atoms. The topological polar surface area (TPSA) is 57.6 Å². The van der Waals surface area contributed by atoms with Crippen molar-refractivity contribution in [1.82, 2.24) is 4.90 Å². The number of rotatable bonds is 2. The van der Waals surface area contributed by atoms with Gasteiger partial charge in [0.25, 0.3) is 0 Å². The first kappa shape index (κ1) is 13.1. The van der Waals surface area contributed by atoms with E-state index in [2.05, 4.69) is 26.8 Å². The van der Waals surface area contributed by atoms with E-state index in [0.29, 0.717) is 13.0 Å². The van der Waals surface area contributed by atoms with Crippen LogP contribution in [0.25, 0.3) is 0 Å². The van der Waals surface area contributed by atoms with Gasteiger partial charge < -0.3 is 10.0 Å².